The van der Waals surface area contributed by atoms with Crippen molar-refractivity contribution < 1.29 is 0 Å². The third kappa shape index (κ3) is 1.72. The van der Waals surface area contributed by atoms with Gasteiger partial charge in [-0.1, -0.05) is 13.8 Å². The Morgan fingerprint density at radius 3 is 2.53 bits per heavy atom. The van der Waals surface area contributed by atoms with E-state index in [0.29, 0.717) is 10.7 Å². The summed E-state index contributed by atoms with van der Waals surface area (Å²) in [5.41, 5.74) is 1.91. The lowest BCUT2D eigenvalue weighted by Crippen LogP contribution is -1.92. The molecule has 2 heterocycles. The van der Waals surface area contributed by atoms with Crippen LogP contribution < -0.4 is 0 Å². The number of hydrogen-bond donors (Lipinski definition) is 2. The van der Waals surface area contributed by atoms with E-state index in [1.54, 1.807) is 4.57 Å². The van der Waals surface area contributed by atoms with Crippen molar-refractivity contribution in [3.05, 3.63) is 16.5 Å². The summed E-state index contributed by atoms with van der Waals surface area (Å²) in [6.07, 6.45) is 0. The normalized spacial score (nSPS) is 11.2. The Balaban J connectivity index is 2.46. The van der Waals surface area contributed by atoms with Crippen LogP contribution in [0.1, 0.15) is 25.5 Å². The number of nitrogens with one attached hydrogen (secondary N) is 2. The predicted molar refractivity (Wildman–Crippen MR) is 60.1 cm³/mol. The number of nitrogens with zero attached hydrogens (tertiary/aromatic N) is 3. The van der Waals surface area contributed by atoms with Gasteiger partial charge in [0.15, 0.2) is 10.6 Å². The first-order valence-corrected chi connectivity index (χ1v) is 5.17. The van der Waals surface area contributed by atoms with Crippen LogP contribution in [0.4, 0.5) is 0 Å². The molecule has 2 rings (SSSR count). The van der Waals surface area contributed by atoms with Crippen LogP contribution >= 0.6 is 12.2 Å². The summed E-state index contributed by atoms with van der Waals surface area (Å²) >= 11 is 5.04. The van der Waals surface area contributed by atoms with Gasteiger partial charge in [0.25, 0.3) is 0 Å². The average molecular weight is 223 g/mol. The Labute approximate surface area is 92.5 Å². The van der Waals surface area contributed by atoms with Gasteiger partial charge in [0.2, 0.25) is 0 Å². The van der Waals surface area contributed by atoms with Gasteiger partial charge >= 0.3 is 0 Å². The quantitative estimate of drug-likeness (QED) is 0.765. The van der Waals surface area contributed by atoms with Crippen LogP contribution in [0.25, 0.3) is 11.5 Å². The van der Waals surface area contributed by atoms with Crippen molar-refractivity contribution in [1.29, 1.82) is 0 Å². The van der Waals surface area contributed by atoms with E-state index >= 15 is 0 Å². The molecule has 0 fully saturated rings. The van der Waals surface area contributed by atoms with Gasteiger partial charge in [0, 0.05) is 12.7 Å². The molecule has 0 amide bonds. The van der Waals surface area contributed by atoms with Crippen LogP contribution in [0.15, 0.2) is 6.07 Å². The van der Waals surface area contributed by atoms with Gasteiger partial charge in [-0.3, -0.25) is 10.2 Å². The molecule has 0 radical (unpaired) electrons. The fourth-order valence-corrected chi connectivity index (χ4v) is 1.46. The average Bonchev–Trinajstić information content (AvgIpc) is 2.76. The zero-order valence-corrected chi connectivity index (χ0v) is 9.72. The molecule has 5 nitrogen and oxygen atoms in total. The molecule has 0 bridgehead atoms. The summed E-state index contributed by atoms with van der Waals surface area (Å²) in [6, 6.07) is 2.00. The lowest BCUT2D eigenvalue weighted by molar-refractivity contribution is 0.810. The maximum atomic E-state index is 5.04. The van der Waals surface area contributed by atoms with Gasteiger partial charge in [-0.05, 0) is 24.2 Å². The monoisotopic (exact) mass is 223 g/mol. The first-order valence-electron chi connectivity index (χ1n) is 4.76. The molecule has 0 aliphatic heterocycles. The summed E-state index contributed by atoms with van der Waals surface area (Å²) in [5, 5.41) is 14.1. The molecule has 0 atom stereocenters. The summed E-state index contributed by atoms with van der Waals surface area (Å²) in [7, 11) is 1.87. The molecule has 0 aliphatic rings. The van der Waals surface area contributed by atoms with Gasteiger partial charge in [-0.25, -0.2) is 0 Å². The molecule has 0 saturated carbocycles. The van der Waals surface area contributed by atoms with Gasteiger partial charge in [-0.2, -0.15) is 10.2 Å². The number of H-pyrrole nitrogens is 2. The second kappa shape index (κ2) is 3.62. The van der Waals surface area contributed by atoms with Crippen molar-refractivity contribution in [1.82, 2.24) is 25.0 Å². The van der Waals surface area contributed by atoms with E-state index < -0.39 is 0 Å². The molecule has 0 unspecified atom stereocenters. The lowest BCUT2D eigenvalue weighted by atomic mass is 10.1. The van der Waals surface area contributed by atoms with Crippen molar-refractivity contribution >= 4 is 12.2 Å². The largest absolute Gasteiger partial charge is 0.302 e. The molecule has 0 aliphatic carbocycles. The minimum atomic E-state index is 0.429. The summed E-state index contributed by atoms with van der Waals surface area (Å²) in [5.74, 6) is 1.18. The first kappa shape index (κ1) is 10.1. The smallest absolute Gasteiger partial charge is 0.195 e. The minimum absolute atomic E-state index is 0.429. The molecular weight excluding hydrogens is 210 g/mol. The van der Waals surface area contributed by atoms with Crippen molar-refractivity contribution in [3.63, 3.8) is 0 Å². The fourth-order valence-electron chi connectivity index (χ4n) is 1.32. The molecular formula is C9H13N5S. The first-order chi connectivity index (χ1) is 7.09. The van der Waals surface area contributed by atoms with Crippen LogP contribution in [-0.2, 0) is 7.05 Å². The number of aromatic nitrogens is 5. The van der Waals surface area contributed by atoms with Crippen LogP contribution in [0, 0.1) is 4.77 Å². The zero-order chi connectivity index (χ0) is 11.0. The van der Waals surface area contributed by atoms with Crippen LogP contribution in [0.3, 0.4) is 0 Å². The van der Waals surface area contributed by atoms with Crippen molar-refractivity contribution in [2.45, 2.75) is 19.8 Å². The second-order valence-corrected chi connectivity index (χ2v) is 4.16. The van der Waals surface area contributed by atoms with Gasteiger partial charge in [0.05, 0.1) is 0 Å². The third-order valence-corrected chi connectivity index (χ3v) is 2.69. The van der Waals surface area contributed by atoms with Crippen LogP contribution in [-0.4, -0.2) is 25.0 Å². The van der Waals surface area contributed by atoms with E-state index in [2.05, 4.69) is 34.2 Å². The Kier molecular flexibility index (Phi) is 2.44. The van der Waals surface area contributed by atoms with E-state index in [4.69, 9.17) is 12.2 Å². The molecule has 15 heavy (non-hydrogen) atoms. The highest BCUT2D eigenvalue weighted by molar-refractivity contribution is 7.71. The van der Waals surface area contributed by atoms with Crippen molar-refractivity contribution in [2.75, 3.05) is 0 Å². The van der Waals surface area contributed by atoms with Gasteiger partial charge in [0.1, 0.15) is 5.69 Å². The minimum Gasteiger partial charge on any atom is -0.302 e. The van der Waals surface area contributed by atoms with Gasteiger partial charge < -0.3 is 4.57 Å². The molecule has 2 aromatic rings. The molecule has 80 valence electrons. The Bertz CT molecular complexity index is 519. The predicted octanol–water partition coefficient (Wildman–Crippen LogP) is 1.99. The summed E-state index contributed by atoms with van der Waals surface area (Å²) in [6.45, 7) is 4.22. The van der Waals surface area contributed by atoms with Gasteiger partial charge in [-0.15, -0.1) is 0 Å². The van der Waals surface area contributed by atoms with Crippen molar-refractivity contribution in [3.8, 4) is 11.5 Å². The zero-order valence-electron chi connectivity index (χ0n) is 8.90. The highest BCUT2D eigenvalue weighted by atomic mass is 32.1. The second-order valence-electron chi connectivity index (χ2n) is 3.77. The SMILES string of the molecule is CC(C)c1cc(-c2n[nH]c(=S)n2C)n[nH]1. The number of aromatic amines is 2. The lowest BCUT2D eigenvalue weighted by Gasteiger charge is -1.96. The number of rotatable bonds is 2. The van der Waals surface area contributed by atoms with E-state index in [0.717, 1.165) is 17.2 Å². The van der Waals surface area contributed by atoms with E-state index in [-0.39, 0.29) is 0 Å². The van der Waals surface area contributed by atoms with Crippen molar-refractivity contribution in [2.24, 2.45) is 7.05 Å². The summed E-state index contributed by atoms with van der Waals surface area (Å²) < 4.78 is 2.40. The maximum absolute atomic E-state index is 5.04. The van der Waals surface area contributed by atoms with E-state index in [9.17, 15) is 0 Å². The molecule has 2 N–H and O–H groups in total. The standard InChI is InChI=1S/C9H13N5S/c1-5(2)6-4-7(11-10-6)8-12-13-9(15)14(8)3/h4-5H,1-3H3,(H,10,11)(H,13,15). The van der Waals surface area contributed by atoms with E-state index in [1.807, 2.05) is 13.1 Å². The molecule has 0 saturated heterocycles. The topological polar surface area (TPSA) is 62.3 Å². The maximum Gasteiger partial charge on any atom is 0.195 e. The van der Waals surface area contributed by atoms with Crippen LogP contribution in [0.5, 0.6) is 0 Å². The van der Waals surface area contributed by atoms with E-state index in [1.165, 1.54) is 0 Å². The highest BCUT2D eigenvalue weighted by Crippen LogP contribution is 2.18. The Hall–Kier alpha value is -1.43. The molecule has 2 aromatic heterocycles. The molecule has 6 heteroatoms. The van der Waals surface area contributed by atoms with Crippen LogP contribution in [0.2, 0.25) is 0 Å². The highest BCUT2D eigenvalue weighted by Gasteiger charge is 2.11. The molecule has 0 spiro atoms. The number of hydrogen-bond acceptors (Lipinski definition) is 3. The fraction of sp³-hybridized carbons (Fsp3) is 0.444. The Morgan fingerprint density at radius 2 is 2.07 bits per heavy atom. The third-order valence-electron chi connectivity index (χ3n) is 2.33. The Morgan fingerprint density at radius 1 is 1.33 bits per heavy atom. The summed E-state index contributed by atoms with van der Waals surface area (Å²) in [4.78, 5) is 0. The molecule has 0 aromatic carbocycles.